The second kappa shape index (κ2) is 4.02. The van der Waals surface area contributed by atoms with Crippen molar-refractivity contribution in [1.82, 2.24) is 4.98 Å². The van der Waals surface area contributed by atoms with E-state index in [0.29, 0.717) is 0 Å². The number of alkyl halides is 2. The fourth-order valence-electron chi connectivity index (χ4n) is 1.31. The Morgan fingerprint density at radius 3 is 2.87 bits per heavy atom. The van der Waals surface area contributed by atoms with Crippen molar-refractivity contribution in [2.75, 3.05) is 0 Å². The Hall–Kier alpha value is -0.750. The van der Waals surface area contributed by atoms with Gasteiger partial charge in [-0.25, -0.2) is 4.98 Å². The molecule has 15 heavy (non-hydrogen) atoms. The molecule has 1 aromatic heterocycles. The maximum atomic E-state index is 12.0. The highest BCUT2D eigenvalue weighted by molar-refractivity contribution is 9.11. The van der Waals surface area contributed by atoms with Gasteiger partial charge in [0.05, 0.1) is 10.2 Å². The van der Waals surface area contributed by atoms with Gasteiger partial charge >= 0.3 is 6.61 Å². The molecule has 0 amide bonds. The van der Waals surface area contributed by atoms with E-state index in [1.165, 1.54) is 11.3 Å². The molecule has 0 N–H and O–H groups in total. The first-order valence-electron chi connectivity index (χ1n) is 4.08. The summed E-state index contributed by atoms with van der Waals surface area (Å²) < 4.78 is 29.9. The zero-order chi connectivity index (χ0) is 11.0. The topological polar surface area (TPSA) is 22.1 Å². The highest BCUT2D eigenvalue weighted by Gasteiger charge is 2.10. The third-order valence-corrected chi connectivity index (χ3v) is 3.31. The van der Waals surface area contributed by atoms with Crippen LogP contribution in [-0.2, 0) is 0 Å². The standard InChI is InChI=1S/C9H6BrF2NOS/c1-4-2-5(14-9(11)12)3-6-7(4)13-8(10)15-6/h2-3,9H,1H3. The maximum absolute atomic E-state index is 12.0. The first-order valence-corrected chi connectivity index (χ1v) is 5.68. The molecule has 0 bridgehead atoms. The number of hydrogen-bond acceptors (Lipinski definition) is 3. The monoisotopic (exact) mass is 293 g/mol. The third-order valence-electron chi connectivity index (χ3n) is 1.86. The molecule has 2 nitrogen and oxygen atoms in total. The predicted molar refractivity (Wildman–Crippen MR) is 58.7 cm³/mol. The van der Waals surface area contributed by atoms with Crippen LogP contribution in [0.4, 0.5) is 8.78 Å². The summed E-state index contributed by atoms with van der Waals surface area (Å²) in [6.07, 6.45) is 0. The van der Waals surface area contributed by atoms with Gasteiger partial charge in [-0.3, -0.25) is 0 Å². The van der Waals surface area contributed by atoms with E-state index in [9.17, 15) is 8.78 Å². The lowest BCUT2D eigenvalue weighted by molar-refractivity contribution is -0.0497. The molecule has 0 unspecified atom stereocenters. The van der Waals surface area contributed by atoms with Crippen LogP contribution in [0.3, 0.4) is 0 Å². The molecule has 0 aliphatic heterocycles. The van der Waals surface area contributed by atoms with Gasteiger partial charge in [-0.1, -0.05) is 0 Å². The van der Waals surface area contributed by atoms with Crippen molar-refractivity contribution in [3.05, 3.63) is 21.6 Å². The average molecular weight is 294 g/mol. The number of fused-ring (bicyclic) bond motifs is 1. The Kier molecular flexibility index (Phi) is 2.88. The van der Waals surface area contributed by atoms with Gasteiger partial charge in [0.25, 0.3) is 0 Å². The first-order chi connectivity index (χ1) is 7.06. The summed E-state index contributed by atoms with van der Waals surface area (Å²) in [6, 6.07) is 3.12. The molecule has 0 spiro atoms. The molecule has 2 rings (SSSR count). The quantitative estimate of drug-likeness (QED) is 0.836. The molecule has 1 heterocycles. The van der Waals surface area contributed by atoms with Gasteiger partial charge in [0, 0.05) is 0 Å². The summed E-state index contributed by atoms with van der Waals surface area (Å²) in [7, 11) is 0. The van der Waals surface area contributed by atoms with Crippen molar-refractivity contribution in [2.45, 2.75) is 13.5 Å². The lowest BCUT2D eigenvalue weighted by Gasteiger charge is -2.05. The summed E-state index contributed by atoms with van der Waals surface area (Å²) in [6.45, 7) is -0.981. The van der Waals surface area contributed by atoms with Gasteiger partial charge in [0.1, 0.15) is 5.75 Å². The third kappa shape index (κ3) is 2.26. The Morgan fingerprint density at radius 1 is 1.47 bits per heavy atom. The van der Waals surface area contributed by atoms with E-state index < -0.39 is 6.61 Å². The van der Waals surface area contributed by atoms with Crippen LogP contribution in [0, 0.1) is 6.92 Å². The summed E-state index contributed by atoms with van der Waals surface area (Å²) in [5.74, 6) is 0.172. The maximum Gasteiger partial charge on any atom is 0.387 e. The molecule has 0 aliphatic rings. The van der Waals surface area contributed by atoms with E-state index in [4.69, 9.17) is 0 Å². The minimum atomic E-state index is -2.79. The minimum Gasteiger partial charge on any atom is -0.435 e. The van der Waals surface area contributed by atoms with Crippen LogP contribution >= 0.6 is 27.3 Å². The smallest absolute Gasteiger partial charge is 0.387 e. The molecular weight excluding hydrogens is 288 g/mol. The van der Waals surface area contributed by atoms with Crippen LogP contribution in [0.1, 0.15) is 5.56 Å². The Labute approximate surface area is 97.0 Å². The first kappa shape index (κ1) is 10.8. The number of aryl methyl sites for hydroxylation is 1. The van der Waals surface area contributed by atoms with Gasteiger partial charge < -0.3 is 4.74 Å². The molecule has 1 aromatic carbocycles. The van der Waals surface area contributed by atoms with E-state index in [2.05, 4.69) is 25.7 Å². The molecule has 0 aliphatic carbocycles. The van der Waals surface area contributed by atoms with E-state index in [-0.39, 0.29) is 5.75 Å². The van der Waals surface area contributed by atoms with E-state index >= 15 is 0 Å². The second-order valence-corrected chi connectivity index (χ2v) is 5.24. The fraction of sp³-hybridized carbons (Fsp3) is 0.222. The van der Waals surface area contributed by atoms with E-state index in [0.717, 1.165) is 19.7 Å². The van der Waals surface area contributed by atoms with Crippen molar-refractivity contribution >= 4 is 37.5 Å². The number of benzene rings is 1. The summed E-state index contributed by atoms with van der Waals surface area (Å²) in [4.78, 5) is 4.23. The molecule has 0 atom stereocenters. The molecule has 0 saturated carbocycles. The van der Waals surface area contributed by atoms with E-state index in [1.54, 1.807) is 12.1 Å². The van der Waals surface area contributed by atoms with Gasteiger partial charge in [0.2, 0.25) is 0 Å². The van der Waals surface area contributed by atoms with Crippen molar-refractivity contribution in [3.8, 4) is 5.75 Å². The van der Waals surface area contributed by atoms with Gasteiger partial charge in [-0.15, -0.1) is 11.3 Å². The number of nitrogens with zero attached hydrogens (tertiary/aromatic N) is 1. The summed E-state index contributed by atoms with van der Waals surface area (Å²) in [5.41, 5.74) is 1.64. The summed E-state index contributed by atoms with van der Waals surface area (Å²) >= 11 is 4.64. The highest BCUT2D eigenvalue weighted by Crippen LogP contribution is 2.32. The van der Waals surface area contributed by atoms with Crippen LogP contribution < -0.4 is 4.74 Å². The zero-order valence-electron chi connectivity index (χ0n) is 7.63. The number of hydrogen-bond donors (Lipinski definition) is 0. The highest BCUT2D eigenvalue weighted by atomic mass is 79.9. The molecule has 0 saturated heterocycles. The van der Waals surface area contributed by atoms with E-state index in [1.807, 2.05) is 6.92 Å². The Bertz CT molecular complexity index is 500. The van der Waals surface area contributed by atoms with Crippen LogP contribution in [-0.4, -0.2) is 11.6 Å². The largest absolute Gasteiger partial charge is 0.435 e. The second-order valence-electron chi connectivity index (χ2n) is 2.93. The van der Waals surface area contributed by atoms with Crippen molar-refractivity contribution in [1.29, 1.82) is 0 Å². The number of halogens is 3. The summed E-state index contributed by atoms with van der Waals surface area (Å²) in [5, 5.41) is 0. The normalized spacial score (nSPS) is 11.3. The molecule has 6 heteroatoms. The SMILES string of the molecule is Cc1cc(OC(F)F)cc2sc(Br)nc12. The van der Waals surface area contributed by atoms with Crippen molar-refractivity contribution < 1.29 is 13.5 Å². The van der Waals surface area contributed by atoms with Gasteiger partial charge in [0.15, 0.2) is 3.92 Å². The zero-order valence-corrected chi connectivity index (χ0v) is 10.0. The van der Waals surface area contributed by atoms with Crippen LogP contribution in [0.15, 0.2) is 16.0 Å². The molecule has 0 radical (unpaired) electrons. The Balaban J connectivity index is 2.51. The number of rotatable bonds is 2. The fourth-order valence-corrected chi connectivity index (χ4v) is 2.81. The molecule has 2 aromatic rings. The van der Waals surface area contributed by atoms with Crippen molar-refractivity contribution in [3.63, 3.8) is 0 Å². The predicted octanol–water partition coefficient (Wildman–Crippen LogP) is 3.97. The minimum absolute atomic E-state index is 0.172. The molecule has 80 valence electrons. The molecular formula is C9H6BrF2NOS. The number of ether oxygens (including phenoxy) is 1. The van der Waals surface area contributed by atoms with Crippen LogP contribution in [0.5, 0.6) is 5.75 Å². The average Bonchev–Trinajstić information content (AvgIpc) is 2.44. The number of thiazole rings is 1. The lowest BCUT2D eigenvalue weighted by Crippen LogP contribution is -2.01. The van der Waals surface area contributed by atoms with Crippen LogP contribution in [0.2, 0.25) is 0 Å². The molecule has 0 fully saturated rings. The Morgan fingerprint density at radius 2 is 2.20 bits per heavy atom. The van der Waals surface area contributed by atoms with Gasteiger partial charge in [-0.05, 0) is 40.5 Å². The van der Waals surface area contributed by atoms with Crippen molar-refractivity contribution in [2.24, 2.45) is 0 Å². The lowest BCUT2D eigenvalue weighted by atomic mass is 10.2. The van der Waals surface area contributed by atoms with Crippen LogP contribution in [0.25, 0.3) is 10.2 Å². The van der Waals surface area contributed by atoms with Gasteiger partial charge in [-0.2, -0.15) is 8.78 Å². The number of aromatic nitrogens is 1.